The topological polar surface area (TPSA) is 67.2 Å². The zero-order valence-corrected chi connectivity index (χ0v) is 14.8. The molecule has 122 valence electrons. The Morgan fingerprint density at radius 2 is 1.90 bits per heavy atom. The van der Waals surface area contributed by atoms with Gasteiger partial charge in [0, 0.05) is 19.1 Å². The molecule has 21 heavy (non-hydrogen) atoms. The van der Waals surface area contributed by atoms with Crippen molar-refractivity contribution in [1.82, 2.24) is 19.4 Å². The second-order valence-electron chi connectivity index (χ2n) is 5.38. The van der Waals surface area contributed by atoms with Crippen LogP contribution < -0.4 is 5.32 Å². The molecule has 1 aromatic heterocycles. The van der Waals surface area contributed by atoms with Gasteiger partial charge in [0.2, 0.25) is 10.0 Å². The summed E-state index contributed by atoms with van der Waals surface area (Å²) in [7, 11) is -3.49. The number of hydrogen-bond acceptors (Lipinski definition) is 4. The molecule has 0 radical (unpaired) electrons. The van der Waals surface area contributed by atoms with Crippen LogP contribution in [-0.2, 0) is 16.6 Å². The third kappa shape index (κ3) is 3.84. The smallest absolute Gasteiger partial charge is 0.246 e. The maximum Gasteiger partial charge on any atom is 0.246 e. The van der Waals surface area contributed by atoms with Crippen molar-refractivity contribution < 1.29 is 8.42 Å². The largest absolute Gasteiger partial charge is 0.315 e. The first kappa shape index (κ1) is 18.1. The number of rotatable bonds is 8. The number of nitrogens with one attached hydrogen (secondary N) is 1. The third-order valence-electron chi connectivity index (χ3n) is 3.52. The Labute approximate surface area is 128 Å². The molecule has 0 fully saturated rings. The lowest BCUT2D eigenvalue weighted by molar-refractivity contribution is 0.368. The monoisotopic (exact) mass is 316 g/mol. The van der Waals surface area contributed by atoms with Gasteiger partial charge < -0.3 is 5.32 Å². The molecule has 6 nitrogen and oxygen atoms in total. The van der Waals surface area contributed by atoms with Crippen LogP contribution in [0.3, 0.4) is 0 Å². The molecule has 7 heteroatoms. The van der Waals surface area contributed by atoms with Crippen LogP contribution in [0.25, 0.3) is 0 Å². The normalized spacial score (nSPS) is 12.6. The highest BCUT2D eigenvalue weighted by Crippen LogP contribution is 2.24. The predicted molar refractivity (Wildman–Crippen MR) is 84.9 cm³/mol. The molecule has 0 atom stereocenters. The van der Waals surface area contributed by atoms with Crippen LogP contribution in [0.5, 0.6) is 0 Å². The molecular weight excluding hydrogens is 288 g/mol. The van der Waals surface area contributed by atoms with Crippen LogP contribution in [0.4, 0.5) is 0 Å². The molecule has 0 aliphatic rings. The van der Waals surface area contributed by atoms with Gasteiger partial charge in [-0.1, -0.05) is 13.8 Å². The molecule has 0 saturated carbocycles. The van der Waals surface area contributed by atoms with E-state index in [1.54, 1.807) is 11.6 Å². The summed E-state index contributed by atoms with van der Waals surface area (Å²) >= 11 is 0. The van der Waals surface area contributed by atoms with Gasteiger partial charge in [0.25, 0.3) is 0 Å². The van der Waals surface area contributed by atoms with Crippen molar-refractivity contribution >= 4 is 10.0 Å². The lowest BCUT2D eigenvalue weighted by Crippen LogP contribution is -2.37. The zero-order chi connectivity index (χ0) is 16.2. The fourth-order valence-electron chi connectivity index (χ4n) is 2.56. The van der Waals surface area contributed by atoms with Crippen LogP contribution in [0.2, 0.25) is 0 Å². The summed E-state index contributed by atoms with van der Waals surface area (Å²) in [4.78, 5) is 0.356. The second-order valence-corrected chi connectivity index (χ2v) is 7.21. The Kier molecular flexibility index (Phi) is 6.37. The summed E-state index contributed by atoms with van der Waals surface area (Å²) in [6.45, 7) is 14.1. The van der Waals surface area contributed by atoms with Crippen molar-refractivity contribution in [2.24, 2.45) is 0 Å². The molecule has 1 N–H and O–H groups in total. The molecule has 0 saturated heterocycles. The van der Waals surface area contributed by atoms with E-state index in [-0.39, 0.29) is 6.04 Å². The van der Waals surface area contributed by atoms with E-state index in [0.29, 0.717) is 29.4 Å². The Balaban J connectivity index is 3.18. The quantitative estimate of drug-likeness (QED) is 0.739. The highest BCUT2D eigenvalue weighted by atomic mass is 32.2. The lowest BCUT2D eigenvalue weighted by atomic mass is 10.4. The van der Waals surface area contributed by atoms with Crippen molar-refractivity contribution in [3.05, 3.63) is 11.4 Å². The average Bonchev–Trinajstić information content (AvgIpc) is 2.65. The van der Waals surface area contributed by atoms with Crippen LogP contribution >= 0.6 is 0 Å². The third-order valence-corrected chi connectivity index (χ3v) is 5.92. The molecule has 1 heterocycles. The molecule has 0 amide bonds. The Morgan fingerprint density at radius 3 is 2.38 bits per heavy atom. The first-order valence-corrected chi connectivity index (χ1v) is 8.97. The van der Waals surface area contributed by atoms with Gasteiger partial charge in [0.15, 0.2) is 0 Å². The summed E-state index contributed by atoms with van der Waals surface area (Å²) in [5.74, 6) is 0. The summed E-state index contributed by atoms with van der Waals surface area (Å²) < 4.78 is 29.0. The predicted octanol–water partition coefficient (Wildman–Crippen LogP) is 1.53. The van der Waals surface area contributed by atoms with E-state index in [2.05, 4.69) is 10.4 Å². The van der Waals surface area contributed by atoms with Crippen molar-refractivity contribution in [2.45, 2.75) is 59.0 Å². The summed E-state index contributed by atoms with van der Waals surface area (Å²) in [6, 6.07) is -0.0658. The Hall–Kier alpha value is -0.920. The number of hydrogen-bond donors (Lipinski definition) is 1. The fourth-order valence-corrected chi connectivity index (χ4v) is 4.59. The number of likely N-dealkylation sites (N-methyl/N-ethyl adjacent to an activating group) is 1. The minimum Gasteiger partial charge on any atom is -0.315 e. The first-order chi connectivity index (χ1) is 9.77. The average molecular weight is 316 g/mol. The van der Waals surface area contributed by atoms with E-state index in [1.807, 2.05) is 34.6 Å². The van der Waals surface area contributed by atoms with Crippen molar-refractivity contribution in [3.63, 3.8) is 0 Å². The van der Waals surface area contributed by atoms with Crippen molar-refractivity contribution in [1.29, 1.82) is 0 Å². The Bertz CT molecular complexity index is 564. The van der Waals surface area contributed by atoms with Gasteiger partial charge in [0.05, 0.1) is 17.9 Å². The molecule has 1 aromatic rings. The number of aromatic nitrogens is 2. The van der Waals surface area contributed by atoms with Crippen LogP contribution in [0.1, 0.15) is 39.1 Å². The zero-order valence-electron chi connectivity index (χ0n) is 14.0. The number of aryl methyl sites for hydroxylation is 1. The highest BCUT2D eigenvalue weighted by molar-refractivity contribution is 7.89. The van der Waals surface area contributed by atoms with Crippen LogP contribution in [0, 0.1) is 13.8 Å². The van der Waals surface area contributed by atoms with Gasteiger partial charge in [-0.2, -0.15) is 9.40 Å². The van der Waals surface area contributed by atoms with Crippen molar-refractivity contribution in [3.8, 4) is 0 Å². The van der Waals surface area contributed by atoms with E-state index >= 15 is 0 Å². The van der Waals surface area contributed by atoms with Crippen LogP contribution in [0.15, 0.2) is 4.90 Å². The van der Waals surface area contributed by atoms with E-state index < -0.39 is 10.0 Å². The highest BCUT2D eigenvalue weighted by Gasteiger charge is 2.31. The van der Waals surface area contributed by atoms with Gasteiger partial charge in [0.1, 0.15) is 4.90 Å². The first-order valence-electron chi connectivity index (χ1n) is 7.53. The van der Waals surface area contributed by atoms with E-state index in [1.165, 1.54) is 4.31 Å². The van der Waals surface area contributed by atoms with E-state index in [9.17, 15) is 8.42 Å². The molecule has 0 spiro atoms. The summed E-state index contributed by atoms with van der Waals surface area (Å²) in [5, 5.41) is 7.62. The standard InChI is InChI=1S/C14H28N4O2S/c1-7-15-9-10-17-13(6)14(12(5)16-17)21(19,20)18(8-2)11(3)4/h11,15H,7-10H2,1-6H3. The minimum atomic E-state index is -3.49. The Morgan fingerprint density at radius 1 is 1.29 bits per heavy atom. The summed E-state index contributed by atoms with van der Waals surface area (Å²) in [5.41, 5.74) is 1.28. The van der Waals surface area contributed by atoms with Gasteiger partial charge in [-0.05, 0) is 34.2 Å². The van der Waals surface area contributed by atoms with Gasteiger partial charge in [-0.25, -0.2) is 8.42 Å². The SMILES string of the molecule is CCNCCn1nc(C)c(S(=O)(=O)N(CC)C(C)C)c1C. The van der Waals surface area contributed by atoms with Gasteiger partial charge in [-0.3, -0.25) is 4.68 Å². The molecule has 0 bridgehead atoms. The molecule has 0 aromatic carbocycles. The minimum absolute atomic E-state index is 0.0658. The van der Waals surface area contributed by atoms with Gasteiger partial charge in [-0.15, -0.1) is 0 Å². The molecule has 1 rings (SSSR count). The summed E-state index contributed by atoms with van der Waals surface area (Å²) in [6.07, 6.45) is 0. The second kappa shape index (κ2) is 7.38. The maximum atomic E-state index is 12.8. The van der Waals surface area contributed by atoms with Crippen LogP contribution in [-0.4, -0.2) is 48.2 Å². The maximum absolute atomic E-state index is 12.8. The molecule has 0 aliphatic heterocycles. The van der Waals surface area contributed by atoms with E-state index in [0.717, 1.165) is 13.1 Å². The molecular formula is C14H28N4O2S. The lowest BCUT2D eigenvalue weighted by Gasteiger charge is -2.24. The fraction of sp³-hybridized carbons (Fsp3) is 0.786. The van der Waals surface area contributed by atoms with E-state index in [4.69, 9.17) is 0 Å². The number of sulfonamides is 1. The molecule has 0 aliphatic carbocycles. The van der Waals surface area contributed by atoms with Crippen molar-refractivity contribution in [2.75, 3.05) is 19.6 Å². The van der Waals surface area contributed by atoms with Gasteiger partial charge >= 0.3 is 0 Å². The molecule has 0 unspecified atom stereocenters. The number of nitrogens with zero attached hydrogens (tertiary/aromatic N) is 3.